The van der Waals surface area contributed by atoms with Crippen LogP contribution in [0.4, 0.5) is 11.4 Å². The summed E-state index contributed by atoms with van der Waals surface area (Å²) in [5, 5.41) is 3.38. The standard InChI is InChI=1S/C13H18N2/c1-9-7-12-13(8-10(9)2)15(4)6-5-11(3)14-12/h7-8,14H,3,5-6H2,1-2,4H3. The molecule has 0 atom stereocenters. The van der Waals surface area contributed by atoms with E-state index in [-0.39, 0.29) is 0 Å². The first-order chi connectivity index (χ1) is 7.08. The SMILES string of the molecule is C=C1CCN(C)c2cc(C)c(C)cc2N1. The largest absolute Gasteiger partial charge is 0.373 e. The van der Waals surface area contributed by atoms with Crippen LogP contribution < -0.4 is 10.2 Å². The summed E-state index contributed by atoms with van der Waals surface area (Å²) in [7, 11) is 2.13. The van der Waals surface area contributed by atoms with Gasteiger partial charge in [-0.3, -0.25) is 0 Å². The maximum absolute atomic E-state index is 4.02. The van der Waals surface area contributed by atoms with Crippen molar-refractivity contribution in [1.82, 2.24) is 0 Å². The molecule has 0 aromatic heterocycles. The Bertz CT molecular complexity index is 407. The topological polar surface area (TPSA) is 15.3 Å². The van der Waals surface area contributed by atoms with Gasteiger partial charge in [0.05, 0.1) is 11.4 Å². The monoisotopic (exact) mass is 202 g/mol. The van der Waals surface area contributed by atoms with E-state index in [4.69, 9.17) is 0 Å². The molecule has 0 amide bonds. The molecule has 0 unspecified atom stereocenters. The molecular formula is C13H18N2. The normalized spacial score (nSPS) is 15.7. The Kier molecular flexibility index (Phi) is 2.43. The predicted molar refractivity (Wildman–Crippen MR) is 66.6 cm³/mol. The molecule has 0 spiro atoms. The first-order valence-corrected chi connectivity index (χ1v) is 5.35. The van der Waals surface area contributed by atoms with Gasteiger partial charge >= 0.3 is 0 Å². The van der Waals surface area contributed by atoms with E-state index in [1.807, 2.05) is 0 Å². The van der Waals surface area contributed by atoms with Crippen LogP contribution in [0.3, 0.4) is 0 Å². The molecule has 0 aliphatic carbocycles. The molecule has 0 fully saturated rings. The van der Waals surface area contributed by atoms with Gasteiger partial charge in [0.15, 0.2) is 0 Å². The maximum atomic E-state index is 4.02. The average molecular weight is 202 g/mol. The van der Waals surface area contributed by atoms with Crippen LogP contribution >= 0.6 is 0 Å². The summed E-state index contributed by atoms with van der Waals surface area (Å²) in [6, 6.07) is 4.45. The van der Waals surface area contributed by atoms with Gasteiger partial charge in [-0.1, -0.05) is 6.58 Å². The Labute approximate surface area is 91.6 Å². The lowest BCUT2D eigenvalue weighted by molar-refractivity contribution is 0.889. The Morgan fingerprint density at radius 1 is 1.27 bits per heavy atom. The summed E-state index contributed by atoms with van der Waals surface area (Å²) < 4.78 is 0. The number of nitrogens with one attached hydrogen (secondary N) is 1. The Morgan fingerprint density at radius 3 is 2.67 bits per heavy atom. The van der Waals surface area contributed by atoms with Crippen LogP contribution in [0.2, 0.25) is 0 Å². The molecule has 1 aromatic rings. The van der Waals surface area contributed by atoms with E-state index >= 15 is 0 Å². The van der Waals surface area contributed by atoms with Crippen LogP contribution in [-0.4, -0.2) is 13.6 Å². The van der Waals surface area contributed by atoms with Crippen molar-refractivity contribution >= 4 is 11.4 Å². The zero-order chi connectivity index (χ0) is 11.0. The van der Waals surface area contributed by atoms with Gasteiger partial charge in [0.25, 0.3) is 0 Å². The summed E-state index contributed by atoms with van der Waals surface area (Å²) >= 11 is 0. The second-order valence-electron chi connectivity index (χ2n) is 4.35. The van der Waals surface area contributed by atoms with E-state index in [0.29, 0.717) is 0 Å². The molecule has 0 bridgehead atoms. The molecule has 80 valence electrons. The highest BCUT2D eigenvalue weighted by molar-refractivity contribution is 5.74. The third-order valence-electron chi connectivity index (χ3n) is 3.08. The molecule has 2 rings (SSSR count). The number of rotatable bonds is 0. The summed E-state index contributed by atoms with van der Waals surface area (Å²) in [5.74, 6) is 0. The fraction of sp³-hybridized carbons (Fsp3) is 0.385. The third kappa shape index (κ3) is 1.84. The van der Waals surface area contributed by atoms with Crippen LogP contribution in [0, 0.1) is 13.8 Å². The van der Waals surface area contributed by atoms with Crippen molar-refractivity contribution in [2.45, 2.75) is 20.3 Å². The number of benzene rings is 1. The minimum absolute atomic E-state index is 1.00. The average Bonchev–Trinajstić information content (AvgIpc) is 2.30. The summed E-state index contributed by atoms with van der Waals surface area (Å²) in [6.07, 6.45) is 1.00. The molecule has 1 aromatic carbocycles. The van der Waals surface area contributed by atoms with Gasteiger partial charge in [0.2, 0.25) is 0 Å². The fourth-order valence-corrected chi connectivity index (χ4v) is 1.89. The van der Waals surface area contributed by atoms with E-state index in [0.717, 1.165) is 18.7 Å². The van der Waals surface area contributed by atoms with Crippen molar-refractivity contribution in [1.29, 1.82) is 0 Å². The molecule has 0 radical (unpaired) electrons. The molecule has 1 aliphatic rings. The Balaban J connectivity index is 2.52. The lowest BCUT2D eigenvalue weighted by atomic mass is 10.1. The van der Waals surface area contributed by atoms with E-state index < -0.39 is 0 Å². The van der Waals surface area contributed by atoms with E-state index in [1.54, 1.807) is 0 Å². The summed E-state index contributed by atoms with van der Waals surface area (Å²) in [5.41, 5.74) is 6.22. The second-order valence-corrected chi connectivity index (χ2v) is 4.35. The van der Waals surface area contributed by atoms with E-state index in [2.05, 4.69) is 49.8 Å². The predicted octanol–water partition coefficient (Wildman–Crippen LogP) is 3.07. The first kappa shape index (κ1) is 10.1. The minimum Gasteiger partial charge on any atom is -0.373 e. The second kappa shape index (κ2) is 3.61. The molecular weight excluding hydrogens is 184 g/mol. The maximum Gasteiger partial charge on any atom is 0.0622 e. The van der Waals surface area contributed by atoms with Crippen LogP contribution in [0.5, 0.6) is 0 Å². The lowest BCUT2D eigenvalue weighted by Crippen LogP contribution is -2.17. The fourth-order valence-electron chi connectivity index (χ4n) is 1.89. The highest BCUT2D eigenvalue weighted by Gasteiger charge is 2.14. The molecule has 15 heavy (non-hydrogen) atoms. The summed E-state index contributed by atoms with van der Waals surface area (Å²) in [4.78, 5) is 2.28. The number of hydrogen-bond donors (Lipinski definition) is 1. The van der Waals surface area contributed by atoms with Gasteiger partial charge in [-0.05, 0) is 37.1 Å². The van der Waals surface area contributed by atoms with Gasteiger partial charge in [0.1, 0.15) is 0 Å². The molecule has 2 heteroatoms. The zero-order valence-electron chi connectivity index (χ0n) is 9.72. The molecule has 2 nitrogen and oxygen atoms in total. The molecule has 1 aliphatic heterocycles. The van der Waals surface area contributed by atoms with Crippen LogP contribution in [0.15, 0.2) is 24.4 Å². The van der Waals surface area contributed by atoms with Gasteiger partial charge < -0.3 is 10.2 Å². The zero-order valence-corrected chi connectivity index (χ0v) is 9.72. The minimum atomic E-state index is 1.00. The van der Waals surface area contributed by atoms with Gasteiger partial charge in [-0.15, -0.1) is 0 Å². The van der Waals surface area contributed by atoms with Gasteiger partial charge in [-0.2, -0.15) is 0 Å². The van der Waals surface area contributed by atoms with Crippen molar-refractivity contribution in [3.8, 4) is 0 Å². The highest BCUT2D eigenvalue weighted by atomic mass is 15.1. The summed E-state index contributed by atoms with van der Waals surface area (Å²) in [6.45, 7) is 9.35. The number of hydrogen-bond acceptors (Lipinski definition) is 2. The number of anilines is 2. The van der Waals surface area contributed by atoms with Crippen molar-refractivity contribution < 1.29 is 0 Å². The quantitative estimate of drug-likeness (QED) is 0.695. The molecule has 1 N–H and O–H groups in total. The number of aryl methyl sites for hydroxylation is 2. The Hall–Kier alpha value is -1.44. The number of nitrogens with zero attached hydrogens (tertiary/aromatic N) is 1. The van der Waals surface area contributed by atoms with Crippen LogP contribution in [-0.2, 0) is 0 Å². The number of fused-ring (bicyclic) bond motifs is 1. The van der Waals surface area contributed by atoms with E-state index in [9.17, 15) is 0 Å². The van der Waals surface area contributed by atoms with Gasteiger partial charge in [-0.25, -0.2) is 0 Å². The third-order valence-corrected chi connectivity index (χ3v) is 3.08. The van der Waals surface area contributed by atoms with Crippen molar-refractivity contribution in [3.05, 3.63) is 35.5 Å². The Morgan fingerprint density at radius 2 is 1.93 bits per heavy atom. The van der Waals surface area contributed by atoms with Crippen molar-refractivity contribution in [3.63, 3.8) is 0 Å². The van der Waals surface area contributed by atoms with Crippen LogP contribution in [0.25, 0.3) is 0 Å². The lowest BCUT2D eigenvalue weighted by Gasteiger charge is -2.20. The highest BCUT2D eigenvalue weighted by Crippen LogP contribution is 2.32. The molecule has 1 heterocycles. The molecule has 0 saturated carbocycles. The van der Waals surface area contributed by atoms with Crippen LogP contribution in [0.1, 0.15) is 17.5 Å². The van der Waals surface area contributed by atoms with E-state index in [1.165, 1.54) is 22.5 Å². The van der Waals surface area contributed by atoms with Crippen molar-refractivity contribution in [2.24, 2.45) is 0 Å². The first-order valence-electron chi connectivity index (χ1n) is 5.35. The van der Waals surface area contributed by atoms with Gasteiger partial charge in [0, 0.05) is 25.7 Å². The smallest absolute Gasteiger partial charge is 0.0622 e. The molecule has 0 saturated heterocycles. The van der Waals surface area contributed by atoms with Crippen molar-refractivity contribution in [2.75, 3.05) is 23.8 Å².